The van der Waals surface area contributed by atoms with E-state index in [9.17, 15) is 8.78 Å². The zero-order valence-electron chi connectivity index (χ0n) is 10.1. The smallest absolute Gasteiger partial charge is 0.163 e. The van der Waals surface area contributed by atoms with Crippen LogP contribution in [0.1, 0.15) is 43.9 Å². The predicted molar refractivity (Wildman–Crippen MR) is 62.4 cm³/mol. The summed E-state index contributed by atoms with van der Waals surface area (Å²) < 4.78 is 27.1. The van der Waals surface area contributed by atoms with Crippen molar-refractivity contribution in [1.82, 2.24) is 5.32 Å². The molecule has 0 aliphatic heterocycles. The molecule has 0 amide bonds. The van der Waals surface area contributed by atoms with Gasteiger partial charge in [-0.2, -0.15) is 0 Å². The zero-order chi connectivity index (χ0) is 12.1. The van der Waals surface area contributed by atoms with Crippen LogP contribution in [0.5, 0.6) is 0 Å². The molecule has 3 heteroatoms. The van der Waals surface area contributed by atoms with Crippen LogP contribution in [0.15, 0.2) is 12.1 Å². The van der Waals surface area contributed by atoms with Gasteiger partial charge in [-0.1, -0.05) is 26.0 Å². The summed E-state index contributed by atoms with van der Waals surface area (Å²) >= 11 is 0. The molecule has 0 aliphatic rings. The molecule has 0 aliphatic carbocycles. The van der Waals surface area contributed by atoms with Crippen LogP contribution in [0.25, 0.3) is 0 Å². The lowest BCUT2D eigenvalue weighted by Crippen LogP contribution is -2.22. The van der Waals surface area contributed by atoms with E-state index >= 15 is 0 Å². The molecule has 0 saturated heterocycles. The fourth-order valence-electron chi connectivity index (χ4n) is 1.72. The van der Waals surface area contributed by atoms with E-state index in [0.717, 1.165) is 19.4 Å². The zero-order valence-corrected chi connectivity index (χ0v) is 10.1. The largest absolute Gasteiger partial charge is 0.310 e. The molecular formula is C13H19F2N. The van der Waals surface area contributed by atoms with Crippen LogP contribution in [0.3, 0.4) is 0 Å². The molecule has 1 rings (SSSR count). The molecule has 0 fully saturated rings. The predicted octanol–water partition coefficient (Wildman–Crippen LogP) is 3.72. The Hall–Kier alpha value is -0.960. The van der Waals surface area contributed by atoms with Gasteiger partial charge in [0.05, 0.1) is 0 Å². The Morgan fingerprint density at radius 3 is 2.44 bits per heavy atom. The Balaban J connectivity index is 2.96. The molecule has 0 bridgehead atoms. The lowest BCUT2D eigenvalue weighted by atomic mass is 10.0. The molecule has 1 atom stereocenters. The number of nitrogens with one attached hydrogen (secondary N) is 1. The van der Waals surface area contributed by atoms with Crippen LogP contribution in [-0.2, 0) is 0 Å². The summed E-state index contributed by atoms with van der Waals surface area (Å²) in [5, 5.41) is 3.22. The summed E-state index contributed by atoms with van der Waals surface area (Å²) in [6, 6.07) is 3.20. The molecule has 0 spiro atoms. The second kappa shape index (κ2) is 5.94. The molecule has 0 saturated carbocycles. The highest BCUT2D eigenvalue weighted by Gasteiger charge is 2.17. The van der Waals surface area contributed by atoms with E-state index in [1.54, 1.807) is 19.1 Å². The fourth-order valence-corrected chi connectivity index (χ4v) is 1.72. The Morgan fingerprint density at radius 2 is 1.88 bits per heavy atom. The standard InChI is InChI=1S/C13H19F2N/c1-4-8-16-11(5-2)10-7-6-9(3)12(14)13(10)15/h6-7,11,16H,4-5,8H2,1-3H3. The molecule has 0 radical (unpaired) electrons. The lowest BCUT2D eigenvalue weighted by molar-refractivity contribution is 0.452. The van der Waals surface area contributed by atoms with Gasteiger partial charge in [-0.05, 0) is 31.9 Å². The van der Waals surface area contributed by atoms with Crippen molar-refractivity contribution in [3.63, 3.8) is 0 Å². The van der Waals surface area contributed by atoms with Crippen LogP contribution >= 0.6 is 0 Å². The monoisotopic (exact) mass is 227 g/mol. The molecule has 1 aromatic carbocycles. The minimum Gasteiger partial charge on any atom is -0.310 e. The average molecular weight is 227 g/mol. The van der Waals surface area contributed by atoms with Gasteiger partial charge in [-0.25, -0.2) is 8.78 Å². The summed E-state index contributed by atoms with van der Waals surface area (Å²) in [4.78, 5) is 0. The molecule has 0 aromatic heterocycles. The first-order valence-electron chi connectivity index (χ1n) is 5.79. The van der Waals surface area contributed by atoms with E-state index in [2.05, 4.69) is 5.32 Å². The lowest BCUT2D eigenvalue weighted by Gasteiger charge is -2.18. The first-order valence-corrected chi connectivity index (χ1v) is 5.79. The van der Waals surface area contributed by atoms with Gasteiger partial charge in [0.2, 0.25) is 0 Å². The third-order valence-corrected chi connectivity index (χ3v) is 2.73. The molecule has 16 heavy (non-hydrogen) atoms. The van der Waals surface area contributed by atoms with Gasteiger partial charge in [0.1, 0.15) is 0 Å². The van der Waals surface area contributed by atoms with Gasteiger partial charge >= 0.3 is 0 Å². The van der Waals surface area contributed by atoms with E-state index in [0.29, 0.717) is 11.1 Å². The van der Waals surface area contributed by atoms with Crippen LogP contribution in [0.4, 0.5) is 8.78 Å². The molecule has 1 nitrogen and oxygen atoms in total. The maximum absolute atomic E-state index is 13.7. The number of halogens is 2. The molecule has 90 valence electrons. The topological polar surface area (TPSA) is 12.0 Å². The molecule has 1 unspecified atom stereocenters. The summed E-state index contributed by atoms with van der Waals surface area (Å²) in [5.41, 5.74) is 0.783. The normalized spacial score (nSPS) is 12.8. The second-order valence-electron chi connectivity index (χ2n) is 4.01. The van der Waals surface area contributed by atoms with Crippen LogP contribution in [0, 0.1) is 18.6 Å². The van der Waals surface area contributed by atoms with Gasteiger partial charge < -0.3 is 5.32 Å². The summed E-state index contributed by atoms with van der Waals surface area (Å²) in [6.45, 7) is 6.40. The van der Waals surface area contributed by atoms with E-state index < -0.39 is 11.6 Å². The number of aryl methyl sites for hydroxylation is 1. The van der Waals surface area contributed by atoms with E-state index in [-0.39, 0.29) is 6.04 Å². The Bertz CT molecular complexity index is 350. The SMILES string of the molecule is CCCNC(CC)c1ccc(C)c(F)c1F. The highest BCUT2D eigenvalue weighted by molar-refractivity contribution is 5.27. The van der Waals surface area contributed by atoms with Crippen LogP contribution < -0.4 is 5.32 Å². The van der Waals surface area contributed by atoms with Crippen molar-refractivity contribution < 1.29 is 8.78 Å². The Labute approximate surface area is 95.9 Å². The van der Waals surface area contributed by atoms with Crippen molar-refractivity contribution in [2.45, 2.75) is 39.7 Å². The fraction of sp³-hybridized carbons (Fsp3) is 0.538. The van der Waals surface area contributed by atoms with Crippen molar-refractivity contribution in [3.05, 3.63) is 34.9 Å². The van der Waals surface area contributed by atoms with Crippen molar-refractivity contribution in [3.8, 4) is 0 Å². The van der Waals surface area contributed by atoms with Crippen molar-refractivity contribution in [1.29, 1.82) is 0 Å². The van der Waals surface area contributed by atoms with Crippen LogP contribution in [0.2, 0.25) is 0 Å². The van der Waals surface area contributed by atoms with E-state index in [4.69, 9.17) is 0 Å². The minimum absolute atomic E-state index is 0.102. The quantitative estimate of drug-likeness (QED) is 0.808. The van der Waals surface area contributed by atoms with Gasteiger partial charge in [-0.3, -0.25) is 0 Å². The van der Waals surface area contributed by atoms with Gasteiger partial charge in [0.25, 0.3) is 0 Å². The number of hydrogen-bond donors (Lipinski definition) is 1. The summed E-state index contributed by atoms with van der Waals surface area (Å²) in [5.74, 6) is -1.44. The molecular weight excluding hydrogens is 208 g/mol. The number of hydrogen-bond acceptors (Lipinski definition) is 1. The van der Waals surface area contributed by atoms with Gasteiger partial charge in [-0.15, -0.1) is 0 Å². The van der Waals surface area contributed by atoms with Crippen LogP contribution in [-0.4, -0.2) is 6.54 Å². The highest BCUT2D eigenvalue weighted by Crippen LogP contribution is 2.23. The third kappa shape index (κ3) is 2.79. The summed E-state index contributed by atoms with van der Waals surface area (Å²) in [7, 11) is 0. The van der Waals surface area contributed by atoms with E-state index in [1.807, 2.05) is 13.8 Å². The Morgan fingerprint density at radius 1 is 1.19 bits per heavy atom. The number of rotatable bonds is 5. The van der Waals surface area contributed by atoms with Gasteiger partial charge in [0, 0.05) is 11.6 Å². The maximum atomic E-state index is 13.7. The first kappa shape index (κ1) is 13.1. The molecule has 0 heterocycles. The third-order valence-electron chi connectivity index (χ3n) is 2.73. The van der Waals surface area contributed by atoms with Crippen molar-refractivity contribution >= 4 is 0 Å². The molecule has 1 N–H and O–H groups in total. The average Bonchev–Trinajstić information content (AvgIpc) is 2.29. The Kier molecular flexibility index (Phi) is 4.87. The maximum Gasteiger partial charge on any atom is 0.163 e. The van der Waals surface area contributed by atoms with Crippen molar-refractivity contribution in [2.75, 3.05) is 6.54 Å². The first-order chi connectivity index (χ1) is 7.61. The van der Waals surface area contributed by atoms with E-state index in [1.165, 1.54) is 0 Å². The minimum atomic E-state index is -0.728. The summed E-state index contributed by atoms with van der Waals surface area (Å²) in [6.07, 6.45) is 1.73. The van der Waals surface area contributed by atoms with Crippen molar-refractivity contribution in [2.24, 2.45) is 0 Å². The second-order valence-corrected chi connectivity index (χ2v) is 4.01. The molecule has 1 aromatic rings. The number of benzene rings is 1. The highest BCUT2D eigenvalue weighted by atomic mass is 19.2. The van der Waals surface area contributed by atoms with Gasteiger partial charge in [0.15, 0.2) is 11.6 Å².